The lowest BCUT2D eigenvalue weighted by Gasteiger charge is -2.25. The number of pyridine rings is 1. The first-order chi connectivity index (χ1) is 13.7. The van der Waals surface area contributed by atoms with Crippen molar-refractivity contribution in [1.29, 1.82) is 0 Å². The van der Waals surface area contributed by atoms with E-state index >= 15 is 0 Å². The summed E-state index contributed by atoms with van der Waals surface area (Å²) in [5, 5.41) is 4.58. The van der Waals surface area contributed by atoms with Gasteiger partial charge in [-0.3, -0.25) is 4.98 Å². The van der Waals surface area contributed by atoms with E-state index in [1.165, 1.54) is 5.56 Å². The van der Waals surface area contributed by atoms with Gasteiger partial charge in [0.25, 0.3) is 0 Å². The Morgan fingerprint density at radius 3 is 2.43 bits per heavy atom. The fourth-order valence-electron chi connectivity index (χ4n) is 3.30. The molecule has 0 saturated carbocycles. The summed E-state index contributed by atoms with van der Waals surface area (Å²) in [5.41, 5.74) is 3.09. The van der Waals surface area contributed by atoms with E-state index in [9.17, 15) is 0 Å². The van der Waals surface area contributed by atoms with Gasteiger partial charge in [0.05, 0.1) is 11.6 Å². The molecule has 0 amide bonds. The van der Waals surface area contributed by atoms with Crippen LogP contribution in [-0.2, 0) is 0 Å². The summed E-state index contributed by atoms with van der Waals surface area (Å²) in [4.78, 5) is 16.0. The number of fused-ring (bicyclic) bond motifs is 1. The van der Waals surface area contributed by atoms with Gasteiger partial charge in [-0.1, -0.05) is 42.5 Å². The van der Waals surface area contributed by atoms with E-state index in [1.807, 2.05) is 36.4 Å². The van der Waals surface area contributed by atoms with Crippen molar-refractivity contribution in [3.8, 4) is 11.4 Å². The van der Waals surface area contributed by atoms with E-state index in [-0.39, 0.29) is 6.04 Å². The minimum Gasteiger partial charge on any atom is -0.368 e. The number of hydrogen-bond acceptors (Lipinski definition) is 5. The molecule has 0 spiro atoms. The second kappa shape index (κ2) is 8.15. The summed E-state index contributed by atoms with van der Waals surface area (Å²) in [5.74, 6) is 1.52. The number of anilines is 1. The van der Waals surface area contributed by atoms with Gasteiger partial charge < -0.3 is 10.2 Å². The Morgan fingerprint density at radius 1 is 0.893 bits per heavy atom. The molecule has 4 rings (SSSR count). The Bertz CT molecular complexity index is 1050. The molecule has 5 heteroatoms. The van der Waals surface area contributed by atoms with Crippen molar-refractivity contribution in [2.75, 3.05) is 26.0 Å². The Hall–Kier alpha value is -3.31. The number of benzene rings is 2. The van der Waals surface area contributed by atoms with Crippen molar-refractivity contribution in [2.45, 2.75) is 6.04 Å². The molecule has 0 radical (unpaired) electrons. The summed E-state index contributed by atoms with van der Waals surface area (Å²) in [6.07, 6.45) is 3.55. The minimum atomic E-state index is 0.233. The number of nitrogens with zero attached hydrogens (tertiary/aromatic N) is 4. The van der Waals surface area contributed by atoms with Crippen LogP contribution in [0.5, 0.6) is 0 Å². The average Bonchev–Trinajstić information content (AvgIpc) is 2.75. The summed E-state index contributed by atoms with van der Waals surface area (Å²) in [6.45, 7) is 0.741. The third kappa shape index (κ3) is 3.85. The molecular weight excluding hydrogens is 346 g/mol. The van der Waals surface area contributed by atoms with Gasteiger partial charge in [0.15, 0.2) is 5.82 Å². The van der Waals surface area contributed by atoms with Gasteiger partial charge >= 0.3 is 0 Å². The SMILES string of the molecule is CN(C)[C@H](CNc1nc(-c2cccnc2)nc2ccccc12)c1ccccc1. The molecule has 28 heavy (non-hydrogen) atoms. The largest absolute Gasteiger partial charge is 0.368 e. The van der Waals surface area contributed by atoms with Crippen LogP contribution in [0.3, 0.4) is 0 Å². The van der Waals surface area contributed by atoms with Crippen molar-refractivity contribution in [1.82, 2.24) is 19.9 Å². The smallest absolute Gasteiger partial charge is 0.163 e. The van der Waals surface area contributed by atoms with E-state index in [1.54, 1.807) is 12.4 Å². The van der Waals surface area contributed by atoms with Crippen LogP contribution in [0, 0.1) is 0 Å². The lowest BCUT2D eigenvalue weighted by molar-refractivity contribution is 0.311. The maximum absolute atomic E-state index is 4.82. The van der Waals surface area contributed by atoms with Crippen molar-refractivity contribution < 1.29 is 0 Å². The molecule has 1 N–H and O–H groups in total. The Labute approximate surface area is 165 Å². The van der Waals surface area contributed by atoms with Crippen molar-refractivity contribution >= 4 is 16.7 Å². The molecule has 0 aliphatic carbocycles. The van der Waals surface area contributed by atoms with Gasteiger partial charge in [-0.25, -0.2) is 9.97 Å². The molecule has 5 nitrogen and oxygen atoms in total. The van der Waals surface area contributed by atoms with Crippen LogP contribution in [0.1, 0.15) is 11.6 Å². The average molecular weight is 369 g/mol. The maximum Gasteiger partial charge on any atom is 0.163 e. The first-order valence-corrected chi connectivity index (χ1v) is 9.35. The first-order valence-electron chi connectivity index (χ1n) is 9.35. The van der Waals surface area contributed by atoms with Gasteiger partial charge in [-0.15, -0.1) is 0 Å². The van der Waals surface area contributed by atoms with Gasteiger partial charge in [0.2, 0.25) is 0 Å². The van der Waals surface area contributed by atoms with Crippen LogP contribution >= 0.6 is 0 Å². The highest BCUT2D eigenvalue weighted by molar-refractivity contribution is 5.90. The number of rotatable bonds is 6. The highest BCUT2D eigenvalue weighted by Crippen LogP contribution is 2.26. The van der Waals surface area contributed by atoms with E-state index in [0.717, 1.165) is 28.8 Å². The van der Waals surface area contributed by atoms with Crippen LogP contribution in [0.4, 0.5) is 5.82 Å². The number of nitrogens with one attached hydrogen (secondary N) is 1. The Balaban J connectivity index is 1.69. The van der Waals surface area contributed by atoms with Crippen LogP contribution in [0.15, 0.2) is 79.1 Å². The van der Waals surface area contributed by atoms with Crippen molar-refractivity contribution in [2.24, 2.45) is 0 Å². The number of para-hydroxylation sites is 1. The third-order valence-electron chi connectivity index (χ3n) is 4.79. The fraction of sp³-hybridized carbons (Fsp3) is 0.174. The van der Waals surface area contributed by atoms with E-state index in [4.69, 9.17) is 9.97 Å². The minimum absolute atomic E-state index is 0.233. The topological polar surface area (TPSA) is 53.9 Å². The molecule has 2 heterocycles. The summed E-state index contributed by atoms with van der Waals surface area (Å²) in [6, 6.07) is 22.7. The number of likely N-dealkylation sites (N-methyl/N-ethyl adjacent to an activating group) is 1. The molecule has 0 fully saturated rings. The normalized spacial score (nSPS) is 12.2. The molecule has 0 aliphatic heterocycles. The van der Waals surface area contributed by atoms with E-state index < -0.39 is 0 Å². The van der Waals surface area contributed by atoms with Crippen LogP contribution in [0.2, 0.25) is 0 Å². The Morgan fingerprint density at radius 2 is 1.68 bits per heavy atom. The molecule has 1 atom stereocenters. The molecule has 2 aromatic heterocycles. The molecule has 140 valence electrons. The predicted molar refractivity (Wildman–Crippen MR) is 114 cm³/mol. The zero-order valence-electron chi connectivity index (χ0n) is 16.1. The first kappa shape index (κ1) is 18.1. The predicted octanol–water partition coefficient (Wildman–Crippen LogP) is 4.41. The maximum atomic E-state index is 4.82. The standard InChI is InChI=1S/C23H23N5/c1-28(2)21(17-9-4-3-5-10-17)16-25-23-19-12-6-7-13-20(19)26-22(27-23)18-11-8-14-24-15-18/h3-15,21H,16H2,1-2H3,(H,25,26,27)/t21-/m1/s1. The highest BCUT2D eigenvalue weighted by Gasteiger charge is 2.15. The zero-order chi connectivity index (χ0) is 19.3. The lowest BCUT2D eigenvalue weighted by Crippen LogP contribution is -2.27. The van der Waals surface area contributed by atoms with Crippen molar-refractivity contribution in [3.05, 3.63) is 84.7 Å². The summed E-state index contributed by atoms with van der Waals surface area (Å²) in [7, 11) is 4.19. The summed E-state index contributed by atoms with van der Waals surface area (Å²) < 4.78 is 0. The quantitative estimate of drug-likeness (QED) is 0.546. The van der Waals surface area contributed by atoms with Gasteiger partial charge in [0, 0.05) is 29.9 Å². The molecule has 0 unspecified atom stereocenters. The molecule has 0 bridgehead atoms. The second-order valence-corrected chi connectivity index (χ2v) is 6.93. The van der Waals surface area contributed by atoms with E-state index in [2.05, 4.69) is 59.6 Å². The second-order valence-electron chi connectivity index (χ2n) is 6.93. The number of aromatic nitrogens is 3. The fourth-order valence-corrected chi connectivity index (χ4v) is 3.30. The van der Waals surface area contributed by atoms with Crippen LogP contribution in [-0.4, -0.2) is 40.5 Å². The van der Waals surface area contributed by atoms with E-state index in [0.29, 0.717) is 5.82 Å². The number of hydrogen-bond donors (Lipinski definition) is 1. The van der Waals surface area contributed by atoms with Gasteiger partial charge in [-0.2, -0.15) is 0 Å². The summed E-state index contributed by atoms with van der Waals surface area (Å²) >= 11 is 0. The molecule has 0 aliphatic rings. The molecule has 4 aromatic rings. The monoisotopic (exact) mass is 369 g/mol. The molecular formula is C23H23N5. The Kier molecular flexibility index (Phi) is 5.26. The highest BCUT2D eigenvalue weighted by atomic mass is 15.1. The lowest BCUT2D eigenvalue weighted by atomic mass is 10.1. The molecule has 2 aromatic carbocycles. The van der Waals surface area contributed by atoms with Crippen molar-refractivity contribution in [3.63, 3.8) is 0 Å². The van der Waals surface area contributed by atoms with Gasteiger partial charge in [-0.05, 0) is 43.9 Å². The van der Waals surface area contributed by atoms with Crippen LogP contribution in [0.25, 0.3) is 22.3 Å². The zero-order valence-corrected chi connectivity index (χ0v) is 16.1. The third-order valence-corrected chi connectivity index (χ3v) is 4.79. The van der Waals surface area contributed by atoms with Crippen LogP contribution < -0.4 is 5.32 Å². The molecule has 0 saturated heterocycles. The van der Waals surface area contributed by atoms with Gasteiger partial charge in [0.1, 0.15) is 5.82 Å².